The SMILES string of the molecule is O=C(N[C@H](Cc1ccccc1)C(=O)N[C@@H](C(=O)O)C1c2ccccc2-c2ccccc21)OCc1ccccc1. The van der Waals surface area contributed by atoms with Gasteiger partial charge in [-0.15, -0.1) is 0 Å². The van der Waals surface area contributed by atoms with Crippen LogP contribution in [0.5, 0.6) is 0 Å². The number of carbonyl (C=O) groups is 3. The van der Waals surface area contributed by atoms with Crippen LogP contribution in [0.25, 0.3) is 11.1 Å². The molecule has 7 heteroatoms. The molecule has 0 fully saturated rings. The van der Waals surface area contributed by atoms with Crippen molar-refractivity contribution < 1.29 is 24.2 Å². The predicted octanol–water partition coefficient (Wildman–Crippen LogP) is 4.91. The number of ether oxygens (including phenoxy) is 1. The first-order valence-corrected chi connectivity index (χ1v) is 12.7. The standard InChI is InChI=1S/C32H28N2O5/c35-30(27(19-21-11-3-1-4-12-21)33-32(38)39-20-22-13-5-2-6-14-22)34-29(31(36)37)28-25-17-9-7-15-23(25)24-16-8-10-18-26(24)28/h1-18,27-29H,19-20H2,(H,33,38)(H,34,35)(H,36,37)/t27-,29-/m1/s1. The van der Waals surface area contributed by atoms with E-state index in [9.17, 15) is 19.5 Å². The number of alkyl carbamates (subject to hydrolysis) is 1. The van der Waals surface area contributed by atoms with E-state index >= 15 is 0 Å². The molecule has 2 amide bonds. The van der Waals surface area contributed by atoms with Crippen molar-refractivity contribution in [2.75, 3.05) is 0 Å². The highest BCUT2D eigenvalue weighted by Crippen LogP contribution is 2.46. The Morgan fingerprint density at radius 1 is 0.692 bits per heavy atom. The maximum Gasteiger partial charge on any atom is 0.408 e. The lowest BCUT2D eigenvalue weighted by molar-refractivity contribution is -0.142. The minimum Gasteiger partial charge on any atom is -0.480 e. The van der Waals surface area contributed by atoms with Crippen LogP contribution in [0.3, 0.4) is 0 Å². The van der Waals surface area contributed by atoms with Crippen molar-refractivity contribution in [2.24, 2.45) is 0 Å². The number of aliphatic carboxylic acids is 1. The Hall–Kier alpha value is -4.91. The van der Waals surface area contributed by atoms with Gasteiger partial charge in [0, 0.05) is 12.3 Å². The number of hydrogen-bond acceptors (Lipinski definition) is 4. The fraction of sp³-hybridized carbons (Fsp3) is 0.156. The van der Waals surface area contributed by atoms with E-state index < -0.39 is 36.0 Å². The van der Waals surface area contributed by atoms with Crippen LogP contribution in [0.2, 0.25) is 0 Å². The van der Waals surface area contributed by atoms with Gasteiger partial charge in [0.05, 0.1) is 0 Å². The first-order valence-electron chi connectivity index (χ1n) is 12.7. The Morgan fingerprint density at radius 2 is 1.21 bits per heavy atom. The van der Waals surface area contributed by atoms with E-state index in [1.807, 2.05) is 109 Å². The molecule has 0 bridgehead atoms. The third-order valence-electron chi connectivity index (χ3n) is 6.88. The second-order valence-electron chi connectivity index (χ2n) is 9.43. The van der Waals surface area contributed by atoms with Gasteiger partial charge in [0.25, 0.3) is 0 Å². The first-order chi connectivity index (χ1) is 19.0. The smallest absolute Gasteiger partial charge is 0.408 e. The zero-order chi connectivity index (χ0) is 27.2. The number of amides is 2. The number of carbonyl (C=O) groups excluding carboxylic acids is 2. The first kappa shape index (κ1) is 25.7. The Balaban J connectivity index is 1.38. The number of rotatable bonds is 9. The number of fused-ring (bicyclic) bond motifs is 3. The molecule has 0 aromatic heterocycles. The van der Waals surface area contributed by atoms with E-state index in [0.29, 0.717) is 0 Å². The van der Waals surface area contributed by atoms with Crippen molar-refractivity contribution in [2.45, 2.75) is 31.0 Å². The topological polar surface area (TPSA) is 105 Å². The molecule has 1 aliphatic carbocycles. The third-order valence-corrected chi connectivity index (χ3v) is 6.88. The Labute approximate surface area is 226 Å². The molecule has 1 aliphatic rings. The zero-order valence-corrected chi connectivity index (χ0v) is 21.1. The molecule has 196 valence electrons. The molecule has 0 spiro atoms. The monoisotopic (exact) mass is 520 g/mol. The molecule has 0 unspecified atom stereocenters. The summed E-state index contributed by atoms with van der Waals surface area (Å²) < 4.78 is 5.35. The number of nitrogens with one attached hydrogen (secondary N) is 2. The molecule has 0 aliphatic heterocycles. The molecule has 0 radical (unpaired) electrons. The van der Waals surface area contributed by atoms with Crippen LogP contribution in [0.15, 0.2) is 109 Å². The Kier molecular flexibility index (Phi) is 7.68. The summed E-state index contributed by atoms with van der Waals surface area (Å²) in [7, 11) is 0. The van der Waals surface area contributed by atoms with Crippen LogP contribution in [-0.2, 0) is 27.4 Å². The highest BCUT2D eigenvalue weighted by molar-refractivity contribution is 5.92. The lowest BCUT2D eigenvalue weighted by Gasteiger charge is -2.26. The van der Waals surface area contributed by atoms with Crippen molar-refractivity contribution in [1.29, 1.82) is 0 Å². The van der Waals surface area contributed by atoms with Crippen LogP contribution in [0.4, 0.5) is 4.79 Å². The summed E-state index contributed by atoms with van der Waals surface area (Å²) in [6.07, 6.45) is -0.601. The van der Waals surface area contributed by atoms with E-state index in [1.165, 1.54) is 0 Å². The highest BCUT2D eigenvalue weighted by atomic mass is 16.5. The summed E-state index contributed by atoms with van der Waals surface area (Å²) >= 11 is 0. The van der Waals surface area contributed by atoms with E-state index in [2.05, 4.69) is 10.6 Å². The van der Waals surface area contributed by atoms with Gasteiger partial charge in [0.2, 0.25) is 5.91 Å². The van der Waals surface area contributed by atoms with Gasteiger partial charge in [0.1, 0.15) is 18.7 Å². The van der Waals surface area contributed by atoms with Crippen molar-refractivity contribution in [3.05, 3.63) is 131 Å². The van der Waals surface area contributed by atoms with Crippen molar-refractivity contribution in [3.63, 3.8) is 0 Å². The molecular weight excluding hydrogens is 492 g/mol. The van der Waals surface area contributed by atoms with E-state index in [1.54, 1.807) is 0 Å². The highest BCUT2D eigenvalue weighted by Gasteiger charge is 2.40. The van der Waals surface area contributed by atoms with Crippen LogP contribution in [0, 0.1) is 0 Å². The van der Waals surface area contributed by atoms with Gasteiger partial charge >= 0.3 is 12.1 Å². The van der Waals surface area contributed by atoms with Crippen LogP contribution in [-0.4, -0.2) is 35.2 Å². The maximum atomic E-state index is 13.6. The molecule has 2 atom stereocenters. The fourth-order valence-corrected chi connectivity index (χ4v) is 5.06. The lowest BCUT2D eigenvalue weighted by atomic mass is 9.89. The van der Waals surface area contributed by atoms with Gasteiger partial charge in [-0.1, -0.05) is 109 Å². The average Bonchev–Trinajstić information content (AvgIpc) is 3.29. The molecule has 0 saturated carbocycles. The number of carboxylic acids is 1. The summed E-state index contributed by atoms with van der Waals surface area (Å²) in [4.78, 5) is 38.9. The fourth-order valence-electron chi connectivity index (χ4n) is 5.06. The lowest BCUT2D eigenvalue weighted by Crippen LogP contribution is -2.54. The molecular formula is C32H28N2O5. The summed E-state index contributed by atoms with van der Waals surface area (Å²) in [5.41, 5.74) is 5.18. The summed E-state index contributed by atoms with van der Waals surface area (Å²) in [5.74, 6) is -2.35. The number of hydrogen-bond donors (Lipinski definition) is 3. The Morgan fingerprint density at radius 3 is 1.77 bits per heavy atom. The van der Waals surface area contributed by atoms with Gasteiger partial charge in [-0.05, 0) is 33.4 Å². The Bertz CT molecular complexity index is 1430. The van der Waals surface area contributed by atoms with Crippen molar-refractivity contribution in [1.82, 2.24) is 10.6 Å². The number of carboxylic acid groups (broad SMARTS) is 1. The molecule has 4 aromatic carbocycles. The third kappa shape index (κ3) is 5.83. The molecule has 3 N–H and O–H groups in total. The predicted molar refractivity (Wildman–Crippen MR) is 147 cm³/mol. The molecule has 4 aromatic rings. The number of benzene rings is 4. The van der Waals surface area contributed by atoms with Crippen molar-refractivity contribution in [3.8, 4) is 11.1 Å². The minimum atomic E-state index is -1.25. The summed E-state index contributed by atoms with van der Waals surface area (Å²) in [5, 5.41) is 15.6. The van der Waals surface area contributed by atoms with Gasteiger partial charge in [-0.3, -0.25) is 4.79 Å². The molecule has 5 rings (SSSR count). The molecule has 39 heavy (non-hydrogen) atoms. The quantitative estimate of drug-likeness (QED) is 0.291. The minimum absolute atomic E-state index is 0.0414. The molecule has 7 nitrogen and oxygen atoms in total. The normalized spacial score (nSPS) is 13.4. The van der Waals surface area contributed by atoms with Gasteiger partial charge < -0.3 is 20.5 Å². The van der Waals surface area contributed by atoms with Crippen LogP contribution in [0.1, 0.15) is 28.2 Å². The van der Waals surface area contributed by atoms with Crippen LogP contribution < -0.4 is 10.6 Å². The zero-order valence-electron chi connectivity index (χ0n) is 21.1. The van der Waals surface area contributed by atoms with E-state index in [-0.39, 0.29) is 13.0 Å². The van der Waals surface area contributed by atoms with E-state index in [0.717, 1.165) is 33.4 Å². The molecule has 0 heterocycles. The van der Waals surface area contributed by atoms with Gasteiger partial charge in [-0.25, -0.2) is 9.59 Å². The van der Waals surface area contributed by atoms with E-state index in [4.69, 9.17) is 4.74 Å². The summed E-state index contributed by atoms with van der Waals surface area (Å²) in [6.45, 7) is 0.0414. The van der Waals surface area contributed by atoms with Crippen LogP contribution >= 0.6 is 0 Å². The summed E-state index contributed by atoms with van der Waals surface area (Å²) in [6, 6.07) is 31.4. The van der Waals surface area contributed by atoms with Crippen molar-refractivity contribution >= 4 is 18.0 Å². The molecule has 0 saturated heterocycles. The average molecular weight is 521 g/mol. The van der Waals surface area contributed by atoms with Gasteiger partial charge in [-0.2, -0.15) is 0 Å². The maximum absolute atomic E-state index is 13.6. The largest absolute Gasteiger partial charge is 0.480 e. The second-order valence-corrected chi connectivity index (χ2v) is 9.43. The van der Waals surface area contributed by atoms with Gasteiger partial charge in [0.15, 0.2) is 0 Å². The second kappa shape index (κ2) is 11.6.